The highest BCUT2D eigenvalue weighted by Crippen LogP contribution is 2.24. The molecule has 1 amide bonds. The van der Waals surface area contributed by atoms with Gasteiger partial charge in [-0.1, -0.05) is 50.2 Å². The molecule has 0 saturated heterocycles. The standard InChI is InChI=1S/C22H28N2O2/c1-5-24(4)15-16(2)14-23-22(26)19-12-10-18(11-13-19)21-9-7-6-8-20(21)17(3)25/h6-13,16H,5,14-15H2,1-4H3,(H,23,26). The Morgan fingerprint density at radius 3 is 2.35 bits per heavy atom. The van der Waals surface area contributed by atoms with Crippen LogP contribution < -0.4 is 5.32 Å². The van der Waals surface area contributed by atoms with Crippen LogP contribution in [-0.2, 0) is 0 Å². The lowest BCUT2D eigenvalue weighted by atomic mass is 9.97. The molecule has 0 aliphatic carbocycles. The van der Waals surface area contributed by atoms with Crippen LogP contribution in [0.1, 0.15) is 41.5 Å². The summed E-state index contributed by atoms with van der Waals surface area (Å²) < 4.78 is 0. The average molecular weight is 352 g/mol. The molecule has 0 spiro atoms. The molecule has 2 aromatic carbocycles. The molecule has 0 bridgehead atoms. The number of carbonyl (C=O) groups excluding carboxylic acids is 2. The Bertz CT molecular complexity index is 753. The zero-order chi connectivity index (χ0) is 19.1. The van der Waals surface area contributed by atoms with Gasteiger partial charge in [-0.05, 0) is 49.7 Å². The van der Waals surface area contributed by atoms with Gasteiger partial charge in [0.15, 0.2) is 5.78 Å². The highest BCUT2D eigenvalue weighted by atomic mass is 16.1. The third kappa shape index (κ3) is 5.27. The van der Waals surface area contributed by atoms with E-state index in [0.29, 0.717) is 23.6 Å². The maximum Gasteiger partial charge on any atom is 0.251 e. The van der Waals surface area contributed by atoms with E-state index in [1.54, 1.807) is 6.92 Å². The zero-order valence-electron chi connectivity index (χ0n) is 16.1. The molecule has 4 nitrogen and oxygen atoms in total. The molecule has 138 valence electrons. The molecule has 0 fully saturated rings. The van der Waals surface area contributed by atoms with E-state index >= 15 is 0 Å². The first-order chi connectivity index (χ1) is 12.4. The number of rotatable bonds is 8. The number of ketones is 1. The second-order valence-corrected chi connectivity index (χ2v) is 6.85. The van der Waals surface area contributed by atoms with Gasteiger partial charge >= 0.3 is 0 Å². The minimum atomic E-state index is -0.0672. The first kappa shape index (κ1) is 19.9. The van der Waals surface area contributed by atoms with Crippen LogP contribution in [0.25, 0.3) is 11.1 Å². The van der Waals surface area contributed by atoms with Gasteiger partial charge < -0.3 is 10.2 Å². The van der Waals surface area contributed by atoms with Crippen molar-refractivity contribution in [1.82, 2.24) is 10.2 Å². The van der Waals surface area contributed by atoms with Gasteiger partial charge in [-0.3, -0.25) is 9.59 Å². The van der Waals surface area contributed by atoms with Crippen molar-refractivity contribution in [3.05, 3.63) is 59.7 Å². The van der Waals surface area contributed by atoms with Crippen molar-refractivity contribution in [1.29, 1.82) is 0 Å². The summed E-state index contributed by atoms with van der Waals surface area (Å²) >= 11 is 0. The lowest BCUT2D eigenvalue weighted by molar-refractivity contribution is 0.0944. The predicted molar refractivity (Wildman–Crippen MR) is 107 cm³/mol. The highest BCUT2D eigenvalue weighted by molar-refractivity contribution is 6.01. The summed E-state index contributed by atoms with van der Waals surface area (Å²) in [4.78, 5) is 26.4. The van der Waals surface area contributed by atoms with Crippen LogP contribution in [0.3, 0.4) is 0 Å². The Kier molecular flexibility index (Phi) is 7.10. The minimum Gasteiger partial charge on any atom is -0.352 e. The van der Waals surface area contributed by atoms with Crippen LogP contribution in [0.5, 0.6) is 0 Å². The fourth-order valence-electron chi connectivity index (χ4n) is 2.94. The molecule has 0 aliphatic rings. The molecular formula is C22H28N2O2. The molecule has 0 radical (unpaired) electrons. The van der Waals surface area contributed by atoms with Crippen molar-refractivity contribution < 1.29 is 9.59 Å². The highest BCUT2D eigenvalue weighted by Gasteiger charge is 2.11. The van der Waals surface area contributed by atoms with Crippen molar-refractivity contribution in [2.75, 3.05) is 26.7 Å². The smallest absolute Gasteiger partial charge is 0.251 e. The van der Waals surface area contributed by atoms with Gasteiger partial charge in [0, 0.05) is 24.2 Å². The molecule has 1 unspecified atom stereocenters. The van der Waals surface area contributed by atoms with Crippen molar-refractivity contribution in [2.45, 2.75) is 20.8 Å². The summed E-state index contributed by atoms with van der Waals surface area (Å²) in [5.41, 5.74) is 3.15. The van der Waals surface area contributed by atoms with Gasteiger partial charge in [0.05, 0.1) is 0 Å². The number of hydrogen-bond donors (Lipinski definition) is 1. The molecule has 0 aliphatic heterocycles. The van der Waals surface area contributed by atoms with Gasteiger partial charge in [0.1, 0.15) is 0 Å². The molecule has 1 atom stereocenters. The SMILES string of the molecule is CCN(C)CC(C)CNC(=O)c1ccc(-c2ccccc2C(C)=O)cc1. The summed E-state index contributed by atoms with van der Waals surface area (Å²) in [6.45, 7) is 8.43. The van der Waals surface area contributed by atoms with Gasteiger partial charge in [0.25, 0.3) is 5.91 Å². The summed E-state index contributed by atoms with van der Waals surface area (Å²) in [5.74, 6) is 0.362. The summed E-state index contributed by atoms with van der Waals surface area (Å²) in [5, 5.41) is 3.00. The molecular weight excluding hydrogens is 324 g/mol. The Morgan fingerprint density at radius 2 is 1.73 bits per heavy atom. The zero-order valence-corrected chi connectivity index (χ0v) is 16.1. The second-order valence-electron chi connectivity index (χ2n) is 6.85. The molecule has 0 aromatic heterocycles. The Labute approximate surface area is 156 Å². The molecule has 26 heavy (non-hydrogen) atoms. The predicted octanol–water partition coefficient (Wildman–Crippen LogP) is 3.87. The van der Waals surface area contributed by atoms with Crippen molar-refractivity contribution in [3.63, 3.8) is 0 Å². The Balaban J connectivity index is 2.03. The van der Waals surface area contributed by atoms with Crippen LogP contribution in [0.15, 0.2) is 48.5 Å². The fraction of sp³-hybridized carbons (Fsp3) is 0.364. The van der Waals surface area contributed by atoms with Crippen molar-refractivity contribution >= 4 is 11.7 Å². The van der Waals surface area contributed by atoms with Gasteiger partial charge in [-0.25, -0.2) is 0 Å². The Morgan fingerprint density at radius 1 is 1.08 bits per heavy atom. The third-order valence-electron chi connectivity index (χ3n) is 4.54. The lowest BCUT2D eigenvalue weighted by Gasteiger charge is -2.19. The van der Waals surface area contributed by atoms with Crippen LogP contribution in [0.4, 0.5) is 0 Å². The largest absolute Gasteiger partial charge is 0.352 e. The molecule has 1 N–H and O–H groups in total. The molecule has 2 aromatic rings. The summed E-state index contributed by atoms with van der Waals surface area (Å²) in [7, 11) is 2.08. The van der Waals surface area contributed by atoms with Gasteiger partial charge in [-0.2, -0.15) is 0 Å². The molecule has 2 rings (SSSR count). The lowest BCUT2D eigenvalue weighted by Crippen LogP contribution is -2.33. The third-order valence-corrected chi connectivity index (χ3v) is 4.54. The van der Waals surface area contributed by atoms with Crippen LogP contribution in [0.2, 0.25) is 0 Å². The average Bonchev–Trinajstić information content (AvgIpc) is 2.66. The van der Waals surface area contributed by atoms with E-state index in [1.807, 2.05) is 48.5 Å². The van der Waals surface area contributed by atoms with Crippen LogP contribution in [0, 0.1) is 5.92 Å². The van der Waals surface area contributed by atoms with E-state index in [4.69, 9.17) is 0 Å². The van der Waals surface area contributed by atoms with E-state index < -0.39 is 0 Å². The summed E-state index contributed by atoms with van der Waals surface area (Å²) in [6, 6.07) is 14.9. The van der Waals surface area contributed by atoms with Crippen LogP contribution in [-0.4, -0.2) is 43.3 Å². The van der Waals surface area contributed by atoms with E-state index in [9.17, 15) is 9.59 Å². The number of nitrogens with zero attached hydrogens (tertiary/aromatic N) is 1. The van der Waals surface area contributed by atoms with Crippen molar-refractivity contribution in [2.24, 2.45) is 5.92 Å². The monoisotopic (exact) mass is 352 g/mol. The quantitative estimate of drug-likeness (QED) is 0.734. The van der Waals surface area contributed by atoms with E-state index in [0.717, 1.165) is 24.2 Å². The maximum atomic E-state index is 12.3. The minimum absolute atomic E-state index is 0.0356. The Hall–Kier alpha value is -2.46. The van der Waals surface area contributed by atoms with E-state index in [1.165, 1.54) is 0 Å². The molecule has 0 heterocycles. The fourth-order valence-corrected chi connectivity index (χ4v) is 2.94. The first-order valence-corrected chi connectivity index (χ1v) is 9.09. The van der Waals surface area contributed by atoms with Gasteiger partial charge in [0.2, 0.25) is 0 Å². The molecule has 4 heteroatoms. The number of hydrogen-bond acceptors (Lipinski definition) is 3. The van der Waals surface area contributed by atoms with E-state index in [-0.39, 0.29) is 11.7 Å². The number of carbonyl (C=O) groups is 2. The number of nitrogens with one attached hydrogen (secondary N) is 1. The number of amides is 1. The number of benzene rings is 2. The second kappa shape index (κ2) is 9.30. The topological polar surface area (TPSA) is 49.4 Å². The van der Waals surface area contributed by atoms with Crippen LogP contribution >= 0.6 is 0 Å². The van der Waals surface area contributed by atoms with E-state index in [2.05, 4.69) is 31.1 Å². The number of Topliss-reactive ketones (excluding diaryl/α,β-unsaturated/α-hetero) is 1. The summed E-state index contributed by atoms with van der Waals surface area (Å²) in [6.07, 6.45) is 0. The first-order valence-electron chi connectivity index (χ1n) is 9.09. The van der Waals surface area contributed by atoms with Gasteiger partial charge in [-0.15, -0.1) is 0 Å². The van der Waals surface area contributed by atoms with Crippen molar-refractivity contribution in [3.8, 4) is 11.1 Å². The normalized spacial score (nSPS) is 12.0. The molecule has 0 saturated carbocycles. The maximum absolute atomic E-state index is 12.3.